The van der Waals surface area contributed by atoms with Crippen LogP contribution in [0.4, 0.5) is 0 Å². The zero-order valence-electron chi connectivity index (χ0n) is 14.1. The minimum Gasteiger partial charge on any atom is -0.469 e. The molecule has 2 aliphatic heterocycles. The summed E-state index contributed by atoms with van der Waals surface area (Å²) in [5, 5.41) is 4.40. The first-order valence-electron chi connectivity index (χ1n) is 8.80. The lowest BCUT2D eigenvalue weighted by Crippen LogP contribution is -2.45. The molecule has 0 aromatic carbocycles. The Morgan fingerprint density at radius 3 is 2.88 bits per heavy atom. The van der Waals surface area contributed by atoms with Gasteiger partial charge < -0.3 is 14.2 Å². The molecule has 1 fully saturated rings. The third kappa shape index (κ3) is 2.86. The van der Waals surface area contributed by atoms with Gasteiger partial charge in [0.2, 0.25) is 0 Å². The second-order valence-electron chi connectivity index (χ2n) is 6.82. The van der Waals surface area contributed by atoms with Gasteiger partial charge in [0.1, 0.15) is 5.76 Å². The highest BCUT2D eigenvalue weighted by Crippen LogP contribution is 2.23. The summed E-state index contributed by atoms with van der Waals surface area (Å²) in [4.78, 5) is 17.7. The molecule has 24 heavy (non-hydrogen) atoms. The topological polar surface area (TPSA) is 54.5 Å². The lowest BCUT2D eigenvalue weighted by atomic mass is 10.1. The molecule has 0 aliphatic carbocycles. The highest BCUT2D eigenvalue weighted by Gasteiger charge is 2.31. The monoisotopic (exact) mass is 328 g/mol. The number of furan rings is 1. The van der Waals surface area contributed by atoms with Crippen LogP contribution in [0.5, 0.6) is 0 Å². The molecule has 0 bridgehead atoms. The first-order valence-corrected chi connectivity index (χ1v) is 8.80. The van der Waals surface area contributed by atoms with Crippen LogP contribution in [0.15, 0.2) is 29.0 Å². The molecule has 2 aromatic heterocycles. The molecule has 6 nitrogen and oxygen atoms in total. The van der Waals surface area contributed by atoms with Gasteiger partial charge in [-0.25, -0.2) is 0 Å². The van der Waals surface area contributed by atoms with Gasteiger partial charge in [-0.1, -0.05) is 0 Å². The van der Waals surface area contributed by atoms with Gasteiger partial charge in [0, 0.05) is 25.3 Å². The van der Waals surface area contributed by atoms with E-state index in [1.165, 1.54) is 12.8 Å². The van der Waals surface area contributed by atoms with Crippen LogP contribution in [-0.4, -0.2) is 51.2 Å². The smallest absolute Gasteiger partial charge is 0.258 e. The average Bonchev–Trinajstić information content (AvgIpc) is 3.30. The second kappa shape index (κ2) is 6.43. The Labute approximate surface area is 142 Å². The summed E-state index contributed by atoms with van der Waals surface area (Å²) in [6.07, 6.45) is 6.89. The van der Waals surface area contributed by atoms with Crippen LogP contribution in [0.25, 0.3) is 0 Å². The molecule has 0 saturated carbocycles. The van der Waals surface area contributed by atoms with Gasteiger partial charge in [-0.3, -0.25) is 9.48 Å². The number of hydrogen-bond donors (Lipinski definition) is 0. The lowest BCUT2D eigenvalue weighted by molar-refractivity contribution is 0.0613. The van der Waals surface area contributed by atoms with Crippen LogP contribution < -0.4 is 0 Å². The van der Waals surface area contributed by atoms with Gasteiger partial charge in [-0.05, 0) is 51.4 Å². The molecule has 6 heteroatoms. The maximum Gasteiger partial charge on any atom is 0.258 e. The molecule has 128 valence electrons. The van der Waals surface area contributed by atoms with Crippen molar-refractivity contribution in [1.29, 1.82) is 0 Å². The quantitative estimate of drug-likeness (QED) is 0.867. The normalized spacial score (nSPS) is 21.7. The van der Waals surface area contributed by atoms with Crippen molar-refractivity contribution in [2.45, 2.75) is 45.3 Å². The average molecular weight is 328 g/mol. The molecule has 2 aliphatic rings. The number of hydrogen-bond acceptors (Lipinski definition) is 4. The number of fused-ring (bicyclic) bond motifs is 1. The van der Waals surface area contributed by atoms with Crippen LogP contribution in [0.1, 0.15) is 41.1 Å². The molecule has 4 rings (SSSR count). The number of aromatic nitrogens is 2. The summed E-state index contributed by atoms with van der Waals surface area (Å²) in [5.41, 5.74) is 1.78. The second-order valence-corrected chi connectivity index (χ2v) is 6.82. The van der Waals surface area contributed by atoms with Crippen molar-refractivity contribution in [3.8, 4) is 0 Å². The van der Waals surface area contributed by atoms with Gasteiger partial charge in [0.25, 0.3) is 5.91 Å². The van der Waals surface area contributed by atoms with Crippen molar-refractivity contribution in [3.63, 3.8) is 0 Å². The van der Waals surface area contributed by atoms with Gasteiger partial charge in [-0.2, -0.15) is 5.10 Å². The summed E-state index contributed by atoms with van der Waals surface area (Å²) in [7, 11) is 0. The lowest BCUT2D eigenvalue weighted by Gasteiger charge is -2.32. The maximum atomic E-state index is 13.2. The van der Waals surface area contributed by atoms with E-state index >= 15 is 0 Å². The number of nitrogens with zero attached hydrogens (tertiary/aromatic N) is 4. The largest absolute Gasteiger partial charge is 0.469 e. The van der Waals surface area contributed by atoms with Crippen LogP contribution >= 0.6 is 0 Å². The van der Waals surface area contributed by atoms with Gasteiger partial charge in [0.15, 0.2) is 0 Å². The van der Waals surface area contributed by atoms with E-state index in [9.17, 15) is 4.79 Å². The molecule has 0 radical (unpaired) electrons. The van der Waals surface area contributed by atoms with Crippen LogP contribution in [0.3, 0.4) is 0 Å². The summed E-state index contributed by atoms with van der Waals surface area (Å²) in [6, 6.07) is 4.01. The third-order valence-electron chi connectivity index (χ3n) is 5.27. The fourth-order valence-corrected chi connectivity index (χ4v) is 3.88. The summed E-state index contributed by atoms with van der Waals surface area (Å²) in [6.45, 7) is 6.58. The highest BCUT2D eigenvalue weighted by molar-refractivity contribution is 5.95. The molecule has 1 amide bonds. The van der Waals surface area contributed by atoms with E-state index in [0.29, 0.717) is 17.9 Å². The molecule has 0 N–H and O–H groups in total. The van der Waals surface area contributed by atoms with Crippen molar-refractivity contribution in [2.24, 2.45) is 0 Å². The van der Waals surface area contributed by atoms with Crippen molar-refractivity contribution >= 4 is 5.91 Å². The molecule has 1 atom stereocenters. The minimum absolute atomic E-state index is 0.0695. The summed E-state index contributed by atoms with van der Waals surface area (Å²) < 4.78 is 7.39. The maximum absolute atomic E-state index is 13.2. The Kier molecular flexibility index (Phi) is 4.14. The van der Waals surface area contributed by atoms with E-state index < -0.39 is 0 Å². The minimum atomic E-state index is 0.0695. The van der Waals surface area contributed by atoms with Crippen molar-refractivity contribution in [2.75, 3.05) is 19.6 Å². The number of amides is 1. The first-order chi connectivity index (χ1) is 11.7. The molecular weight excluding hydrogens is 304 g/mol. The van der Waals surface area contributed by atoms with Gasteiger partial charge in [0.05, 0.1) is 24.1 Å². The van der Waals surface area contributed by atoms with Crippen LogP contribution in [0.2, 0.25) is 0 Å². The molecule has 4 heterocycles. The fourth-order valence-electron chi connectivity index (χ4n) is 3.88. The molecule has 0 spiro atoms. The van der Waals surface area contributed by atoms with Crippen molar-refractivity contribution < 1.29 is 9.21 Å². The number of aryl methyl sites for hydroxylation is 2. The van der Waals surface area contributed by atoms with Crippen LogP contribution in [-0.2, 0) is 13.1 Å². The predicted octanol–water partition coefficient (Wildman–Crippen LogP) is 2.30. The van der Waals surface area contributed by atoms with Gasteiger partial charge in [-0.15, -0.1) is 0 Å². The predicted molar refractivity (Wildman–Crippen MR) is 89.6 cm³/mol. The van der Waals surface area contributed by atoms with E-state index in [1.807, 2.05) is 28.8 Å². The number of carbonyl (C=O) groups excluding carboxylic acids is 1. The fraction of sp³-hybridized carbons (Fsp3) is 0.556. The molecule has 1 saturated heterocycles. The summed E-state index contributed by atoms with van der Waals surface area (Å²) in [5.74, 6) is 0.762. The van der Waals surface area contributed by atoms with E-state index in [4.69, 9.17) is 4.42 Å². The number of carbonyl (C=O) groups is 1. The third-order valence-corrected chi connectivity index (χ3v) is 5.27. The number of rotatable bonds is 3. The Bertz CT molecular complexity index is 714. The number of likely N-dealkylation sites (tertiary alicyclic amines) is 1. The van der Waals surface area contributed by atoms with E-state index in [2.05, 4.69) is 10.00 Å². The SMILES string of the molecule is Cc1occc1C(=O)N1Cc2ccnn2CC[C@H]1CN1CCCC1. The Hall–Kier alpha value is -2.08. The Balaban J connectivity index is 1.61. The Morgan fingerprint density at radius 2 is 2.12 bits per heavy atom. The molecule has 0 unspecified atom stereocenters. The zero-order valence-corrected chi connectivity index (χ0v) is 14.1. The zero-order chi connectivity index (χ0) is 16.5. The van der Waals surface area contributed by atoms with E-state index in [-0.39, 0.29) is 11.9 Å². The molecule has 2 aromatic rings. The summed E-state index contributed by atoms with van der Waals surface area (Å²) >= 11 is 0. The first kappa shape index (κ1) is 15.4. The Morgan fingerprint density at radius 1 is 1.29 bits per heavy atom. The van der Waals surface area contributed by atoms with Gasteiger partial charge >= 0.3 is 0 Å². The van der Waals surface area contributed by atoms with E-state index in [0.717, 1.165) is 38.3 Å². The van der Waals surface area contributed by atoms with E-state index in [1.54, 1.807) is 12.3 Å². The van der Waals surface area contributed by atoms with Crippen molar-refractivity contribution in [3.05, 3.63) is 41.6 Å². The van der Waals surface area contributed by atoms with Crippen molar-refractivity contribution in [1.82, 2.24) is 19.6 Å². The highest BCUT2D eigenvalue weighted by atomic mass is 16.3. The standard InChI is InChI=1S/C18H24N4O2/c1-14-17(6-11-24-14)18(23)21-13-16-4-7-19-22(16)10-5-15(21)12-20-8-2-3-9-20/h4,6-7,11,15H,2-3,5,8-10,12-13H2,1H3/t15-/m0/s1. The molecular formula is C18H24N4O2. The van der Waals surface area contributed by atoms with Crippen LogP contribution in [0, 0.1) is 6.92 Å².